The normalized spacial score (nSPS) is 23.8. The molecule has 6 nitrogen and oxygen atoms in total. The summed E-state index contributed by atoms with van der Waals surface area (Å²) in [5.41, 5.74) is 0. The average Bonchev–Trinajstić information content (AvgIpc) is 2.69. The molecular weight excluding hydrogens is 246 g/mol. The highest BCUT2D eigenvalue weighted by Crippen LogP contribution is 2.21. The first-order valence-electron chi connectivity index (χ1n) is 5.14. The number of methoxy groups -OCH3 is 1. The molecule has 0 saturated carbocycles. The SMILES string of the molecule is CO[C@@H]1C[C@@H](C(=O)O)N(C(=O)CSC(C)=O)C1. The van der Waals surface area contributed by atoms with Crippen molar-refractivity contribution in [1.29, 1.82) is 0 Å². The van der Waals surface area contributed by atoms with E-state index >= 15 is 0 Å². The molecule has 17 heavy (non-hydrogen) atoms. The minimum absolute atomic E-state index is 0.0183. The van der Waals surface area contributed by atoms with Gasteiger partial charge in [-0.3, -0.25) is 9.59 Å². The average molecular weight is 261 g/mol. The van der Waals surface area contributed by atoms with E-state index in [1.807, 2.05) is 0 Å². The van der Waals surface area contributed by atoms with Gasteiger partial charge in [0, 0.05) is 27.0 Å². The number of aliphatic carboxylic acids is 1. The Balaban J connectivity index is 2.63. The molecule has 1 amide bonds. The number of carboxylic acid groups (broad SMARTS) is 1. The Morgan fingerprint density at radius 3 is 2.59 bits per heavy atom. The number of hydrogen-bond donors (Lipinski definition) is 1. The lowest BCUT2D eigenvalue weighted by atomic mass is 10.2. The van der Waals surface area contributed by atoms with Crippen molar-refractivity contribution in [1.82, 2.24) is 4.90 Å². The Hall–Kier alpha value is -1.08. The monoisotopic (exact) mass is 261 g/mol. The summed E-state index contributed by atoms with van der Waals surface area (Å²) in [7, 11) is 1.49. The molecule has 96 valence electrons. The molecule has 1 aliphatic heterocycles. The minimum Gasteiger partial charge on any atom is -0.480 e. The fourth-order valence-corrected chi connectivity index (χ4v) is 2.22. The predicted molar refractivity (Wildman–Crippen MR) is 61.7 cm³/mol. The van der Waals surface area contributed by atoms with E-state index in [2.05, 4.69) is 0 Å². The molecule has 0 spiro atoms. The summed E-state index contributed by atoms with van der Waals surface area (Å²) < 4.78 is 5.07. The van der Waals surface area contributed by atoms with Crippen LogP contribution in [0, 0.1) is 0 Å². The van der Waals surface area contributed by atoms with Crippen molar-refractivity contribution in [3.63, 3.8) is 0 Å². The molecule has 1 fully saturated rings. The molecule has 0 unspecified atom stereocenters. The van der Waals surface area contributed by atoms with Crippen LogP contribution in [0.25, 0.3) is 0 Å². The van der Waals surface area contributed by atoms with Crippen LogP contribution in [0.4, 0.5) is 0 Å². The van der Waals surface area contributed by atoms with Crippen molar-refractivity contribution < 1.29 is 24.2 Å². The summed E-state index contributed by atoms with van der Waals surface area (Å²) in [6.45, 7) is 1.64. The summed E-state index contributed by atoms with van der Waals surface area (Å²) in [4.78, 5) is 34.8. The van der Waals surface area contributed by atoms with E-state index in [0.717, 1.165) is 11.8 Å². The number of carbonyl (C=O) groups is 3. The van der Waals surface area contributed by atoms with Crippen molar-refractivity contribution in [2.24, 2.45) is 0 Å². The summed E-state index contributed by atoms with van der Waals surface area (Å²) in [6.07, 6.45) is 0.0462. The molecule has 0 bridgehead atoms. The largest absolute Gasteiger partial charge is 0.480 e. The van der Waals surface area contributed by atoms with E-state index in [9.17, 15) is 14.4 Å². The summed E-state index contributed by atoms with van der Waals surface area (Å²) in [5, 5.41) is 8.84. The zero-order valence-corrected chi connectivity index (χ0v) is 10.5. The van der Waals surface area contributed by atoms with Crippen LogP contribution in [0.15, 0.2) is 0 Å². The molecular formula is C10H15NO5S. The third-order valence-corrected chi connectivity index (χ3v) is 3.40. The lowest BCUT2D eigenvalue weighted by Crippen LogP contribution is -2.41. The Morgan fingerprint density at radius 1 is 1.47 bits per heavy atom. The number of amides is 1. The predicted octanol–water partition coefficient (Wildman–Crippen LogP) is -0.0334. The van der Waals surface area contributed by atoms with E-state index < -0.39 is 12.0 Å². The van der Waals surface area contributed by atoms with Crippen LogP contribution >= 0.6 is 11.8 Å². The molecule has 1 N–H and O–H groups in total. The van der Waals surface area contributed by atoms with Crippen LogP contribution in [0.2, 0.25) is 0 Å². The fraction of sp³-hybridized carbons (Fsp3) is 0.700. The second-order valence-corrected chi connectivity index (χ2v) is 4.93. The van der Waals surface area contributed by atoms with Crippen LogP contribution in [-0.4, -0.2) is 58.6 Å². The zero-order valence-electron chi connectivity index (χ0n) is 9.71. The molecule has 1 heterocycles. The lowest BCUT2D eigenvalue weighted by molar-refractivity contribution is -0.147. The topological polar surface area (TPSA) is 83.9 Å². The highest BCUT2D eigenvalue weighted by molar-refractivity contribution is 8.14. The van der Waals surface area contributed by atoms with Crippen LogP contribution < -0.4 is 0 Å². The highest BCUT2D eigenvalue weighted by Gasteiger charge is 2.39. The number of hydrogen-bond acceptors (Lipinski definition) is 5. The number of carbonyl (C=O) groups excluding carboxylic acids is 2. The Labute approximate surface area is 103 Å². The third kappa shape index (κ3) is 3.71. The highest BCUT2D eigenvalue weighted by atomic mass is 32.2. The summed E-state index contributed by atoms with van der Waals surface area (Å²) in [6, 6.07) is -0.847. The first kappa shape index (κ1) is 14.0. The van der Waals surface area contributed by atoms with E-state index in [4.69, 9.17) is 9.84 Å². The van der Waals surface area contributed by atoms with Gasteiger partial charge >= 0.3 is 5.97 Å². The number of nitrogens with zero attached hydrogens (tertiary/aromatic N) is 1. The van der Waals surface area contributed by atoms with Crippen LogP contribution in [0.1, 0.15) is 13.3 Å². The number of carboxylic acids is 1. The van der Waals surface area contributed by atoms with Gasteiger partial charge in [0.15, 0.2) is 5.12 Å². The van der Waals surface area contributed by atoms with Crippen molar-refractivity contribution in [2.45, 2.75) is 25.5 Å². The van der Waals surface area contributed by atoms with Crippen molar-refractivity contribution >= 4 is 28.8 Å². The van der Waals surface area contributed by atoms with Gasteiger partial charge in [-0.1, -0.05) is 11.8 Å². The van der Waals surface area contributed by atoms with Gasteiger partial charge < -0.3 is 14.7 Å². The number of ether oxygens (including phenoxy) is 1. The maximum atomic E-state index is 11.8. The minimum atomic E-state index is -1.04. The summed E-state index contributed by atoms with van der Waals surface area (Å²) >= 11 is 0.885. The van der Waals surface area contributed by atoms with Gasteiger partial charge in [0.1, 0.15) is 6.04 Å². The van der Waals surface area contributed by atoms with Crippen LogP contribution in [0.5, 0.6) is 0 Å². The quantitative estimate of drug-likeness (QED) is 0.765. The van der Waals surface area contributed by atoms with Gasteiger partial charge in [0.25, 0.3) is 0 Å². The molecule has 0 aromatic rings. The second kappa shape index (κ2) is 6.02. The van der Waals surface area contributed by atoms with E-state index in [0.29, 0.717) is 6.42 Å². The van der Waals surface area contributed by atoms with Gasteiger partial charge in [0.2, 0.25) is 5.91 Å². The molecule has 1 rings (SSSR count). The molecule has 0 aromatic carbocycles. The molecule has 2 atom stereocenters. The Kier molecular flexibility index (Phi) is 4.95. The smallest absolute Gasteiger partial charge is 0.326 e. The van der Waals surface area contributed by atoms with Gasteiger partial charge in [-0.25, -0.2) is 4.79 Å². The van der Waals surface area contributed by atoms with E-state index in [1.165, 1.54) is 18.9 Å². The number of rotatable bonds is 4. The molecule has 0 radical (unpaired) electrons. The maximum absolute atomic E-state index is 11.8. The fourth-order valence-electron chi connectivity index (χ4n) is 1.72. The lowest BCUT2D eigenvalue weighted by Gasteiger charge is -2.20. The third-order valence-electron chi connectivity index (χ3n) is 2.60. The summed E-state index contributed by atoms with van der Waals surface area (Å²) in [5.74, 6) is -1.39. The van der Waals surface area contributed by atoms with Crippen LogP contribution in [0.3, 0.4) is 0 Å². The number of likely N-dealkylation sites (tertiary alicyclic amines) is 1. The molecule has 0 aromatic heterocycles. The van der Waals surface area contributed by atoms with Gasteiger partial charge in [0.05, 0.1) is 11.9 Å². The molecule has 7 heteroatoms. The van der Waals surface area contributed by atoms with Crippen LogP contribution in [-0.2, 0) is 19.1 Å². The van der Waals surface area contributed by atoms with Gasteiger partial charge in [-0.05, 0) is 0 Å². The molecule has 1 aliphatic rings. The molecule has 0 aliphatic carbocycles. The Bertz CT molecular complexity index is 333. The first-order valence-corrected chi connectivity index (χ1v) is 6.12. The van der Waals surface area contributed by atoms with E-state index in [1.54, 1.807) is 0 Å². The van der Waals surface area contributed by atoms with Gasteiger partial charge in [-0.15, -0.1) is 0 Å². The maximum Gasteiger partial charge on any atom is 0.326 e. The first-order chi connectivity index (χ1) is 7.95. The molecule has 1 saturated heterocycles. The van der Waals surface area contributed by atoms with Crippen molar-refractivity contribution in [3.05, 3.63) is 0 Å². The van der Waals surface area contributed by atoms with Gasteiger partial charge in [-0.2, -0.15) is 0 Å². The number of thioether (sulfide) groups is 1. The standard InChI is InChI=1S/C10H15NO5S/c1-6(12)17-5-9(13)11-4-7(16-2)3-8(11)10(14)15/h7-8H,3-5H2,1-2H3,(H,14,15)/t7-,8+/m1/s1. The Morgan fingerprint density at radius 2 is 2.12 bits per heavy atom. The van der Waals surface area contributed by atoms with E-state index in [-0.39, 0.29) is 29.4 Å². The second-order valence-electron chi connectivity index (χ2n) is 3.77. The van der Waals surface area contributed by atoms with Crippen molar-refractivity contribution in [3.8, 4) is 0 Å². The van der Waals surface area contributed by atoms with Crippen molar-refractivity contribution in [2.75, 3.05) is 19.4 Å². The zero-order chi connectivity index (χ0) is 13.0.